The summed E-state index contributed by atoms with van der Waals surface area (Å²) in [6, 6.07) is 0. The predicted molar refractivity (Wildman–Crippen MR) is 57.4 cm³/mol. The van der Waals surface area contributed by atoms with Crippen molar-refractivity contribution < 1.29 is 9.90 Å². The second kappa shape index (κ2) is 17.5. The molecular weight excluding hydrogens is 166 g/mol. The third-order valence-corrected chi connectivity index (χ3v) is 1.08. The van der Waals surface area contributed by atoms with Gasteiger partial charge in [-0.3, -0.25) is 4.79 Å². The van der Waals surface area contributed by atoms with Crippen molar-refractivity contribution >= 4 is 5.91 Å². The number of aliphatic hydroxyl groups excluding tert-OH is 1. The summed E-state index contributed by atoms with van der Waals surface area (Å²) < 4.78 is 0. The summed E-state index contributed by atoms with van der Waals surface area (Å²) in [7, 11) is 0. The van der Waals surface area contributed by atoms with Crippen molar-refractivity contribution in [1.29, 1.82) is 0 Å². The van der Waals surface area contributed by atoms with Gasteiger partial charge < -0.3 is 10.8 Å². The van der Waals surface area contributed by atoms with E-state index in [1.165, 1.54) is 0 Å². The van der Waals surface area contributed by atoms with Gasteiger partial charge in [0, 0.05) is 12.5 Å². The molecule has 3 N–H and O–H groups in total. The summed E-state index contributed by atoms with van der Waals surface area (Å²) in [6.07, 6.45) is 2.04. The van der Waals surface area contributed by atoms with Crippen LogP contribution in [0.2, 0.25) is 0 Å². The normalized spacial score (nSPS) is 7.92. The van der Waals surface area contributed by atoms with Crippen LogP contribution in [0.25, 0.3) is 0 Å². The van der Waals surface area contributed by atoms with Crippen LogP contribution in [0.15, 0.2) is 0 Å². The standard InChI is InChI=1S/C4H9NO.C4H10O.C2H6/c1-3(2)4(5)6;1-2-3-4-5;1-2/h3H,1-2H3,(H2,5,6);5H,2-4H2,1H3;1-2H3. The lowest BCUT2D eigenvalue weighted by atomic mass is 10.2. The van der Waals surface area contributed by atoms with Crippen LogP contribution >= 0.6 is 0 Å². The van der Waals surface area contributed by atoms with E-state index in [1.807, 2.05) is 13.8 Å². The Balaban J connectivity index is -0.000000131. The van der Waals surface area contributed by atoms with Gasteiger partial charge in [-0.25, -0.2) is 0 Å². The molecule has 0 radical (unpaired) electrons. The average molecular weight is 191 g/mol. The predicted octanol–water partition coefficient (Wildman–Crippen LogP) is 1.93. The molecule has 0 saturated carbocycles. The van der Waals surface area contributed by atoms with Crippen molar-refractivity contribution in [3.8, 4) is 0 Å². The Labute approximate surface area is 82.3 Å². The zero-order valence-corrected chi connectivity index (χ0v) is 9.63. The van der Waals surface area contributed by atoms with Gasteiger partial charge in [-0.15, -0.1) is 0 Å². The van der Waals surface area contributed by atoms with Crippen LogP contribution in [0.5, 0.6) is 0 Å². The number of nitrogens with two attached hydrogens (primary N) is 1. The third-order valence-electron chi connectivity index (χ3n) is 1.08. The molecule has 3 nitrogen and oxygen atoms in total. The van der Waals surface area contributed by atoms with E-state index >= 15 is 0 Å². The largest absolute Gasteiger partial charge is 0.396 e. The van der Waals surface area contributed by atoms with Crippen LogP contribution in [0, 0.1) is 5.92 Å². The molecule has 0 rings (SSSR count). The number of unbranched alkanes of at least 4 members (excludes halogenated alkanes) is 1. The van der Waals surface area contributed by atoms with Gasteiger partial charge >= 0.3 is 0 Å². The Morgan fingerprint density at radius 1 is 1.38 bits per heavy atom. The molecule has 0 fully saturated rings. The molecule has 0 spiro atoms. The van der Waals surface area contributed by atoms with Crippen LogP contribution < -0.4 is 5.73 Å². The van der Waals surface area contributed by atoms with Gasteiger partial charge in [0.05, 0.1) is 0 Å². The first-order valence-corrected chi connectivity index (χ1v) is 4.96. The lowest BCUT2D eigenvalue weighted by Crippen LogP contribution is -2.17. The first-order valence-electron chi connectivity index (χ1n) is 4.96. The highest BCUT2D eigenvalue weighted by Gasteiger charge is 1.96. The number of hydrogen-bond donors (Lipinski definition) is 2. The van der Waals surface area contributed by atoms with Crippen LogP contribution in [0.1, 0.15) is 47.5 Å². The minimum absolute atomic E-state index is 0.00926. The average Bonchev–Trinajstić information content (AvgIpc) is 2.10. The Kier molecular flexibility index (Phi) is 24.6. The SMILES string of the molecule is CC.CC(C)C(N)=O.CCCCO. The first kappa shape index (κ1) is 18.3. The highest BCUT2D eigenvalue weighted by molar-refractivity contribution is 5.75. The maximum absolute atomic E-state index is 9.92. The van der Waals surface area contributed by atoms with Gasteiger partial charge in [0.1, 0.15) is 0 Å². The number of primary amides is 1. The molecule has 0 atom stereocenters. The zero-order valence-electron chi connectivity index (χ0n) is 9.63. The minimum Gasteiger partial charge on any atom is -0.396 e. The topological polar surface area (TPSA) is 63.3 Å². The molecule has 0 aromatic heterocycles. The molecule has 0 aliphatic carbocycles. The summed E-state index contributed by atoms with van der Waals surface area (Å²) in [4.78, 5) is 9.92. The quantitative estimate of drug-likeness (QED) is 0.716. The second-order valence-corrected chi connectivity index (χ2v) is 2.63. The Morgan fingerprint density at radius 3 is 1.69 bits per heavy atom. The molecule has 1 amide bonds. The van der Waals surface area contributed by atoms with Gasteiger partial charge in [-0.2, -0.15) is 0 Å². The summed E-state index contributed by atoms with van der Waals surface area (Å²) in [5.41, 5.74) is 4.80. The summed E-state index contributed by atoms with van der Waals surface area (Å²) in [6.45, 7) is 9.93. The fourth-order valence-corrected chi connectivity index (χ4v) is 0.158. The molecule has 0 aliphatic heterocycles. The molecule has 0 saturated heterocycles. The van der Waals surface area contributed by atoms with Crippen molar-refractivity contribution in [3.05, 3.63) is 0 Å². The van der Waals surface area contributed by atoms with Gasteiger partial charge in [0.15, 0.2) is 0 Å². The van der Waals surface area contributed by atoms with Crippen molar-refractivity contribution in [2.75, 3.05) is 6.61 Å². The molecule has 3 heteroatoms. The summed E-state index contributed by atoms with van der Waals surface area (Å²) >= 11 is 0. The Hall–Kier alpha value is -0.570. The maximum atomic E-state index is 9.92. The summed E-state index contributed by atoms with van der Waals surface area (Å²) in [5, 5.41) is 8.07. The van der Waals surface area contributed by atoms with E-state index in [0.29, 0.717) is 6.61 Å². The molecule has 0 unspecified atom stereocenters. The minimum atomic E-state index is -0.241. The number of hydrogen-bond acceptors (Lipinski definition) is 2. The van der Waals surface area contributed by atoms with E-state index in [4.69, 9.17) is 10.8 Å². The van der Waals surface area contributed by atoms with E-state index in [2.05, 4.69) is 6.92 Å². The molecular formula is C10H25NO2. The van der Waals surface area contributed by atoms with Gasteiger partial charge in [-0.05, 0) is 6.42 Å². The zero-order chi connectivity index (χ0) is 11.3. The van der Waals surface area contributed by atoms with E-state index in [0.717, 1.165) is 12.8 Å². The fourth-order valence-electron chi connectivity index (χ4n) is 0.158. The smallest absolute Gasteiger partial charge is 0.219 e. The molecule has 0 aromatic rings. The van der Waals surface area contributed by atoms with E-state index in [1.54, 1.807) is 13.8 Å². The van der Waals surface area contributed by atoms with Crippen molar-refractivity contribution in [1.82, 2.24) is 0 Å². The van der Waals surface area contributed by atoms with E-state index in [9.17, 15) is 4.79 Å². The summed E-state index contributed by atoms with van der Waals surface area (Å²) in [5.74, 6) is -0.250. The lowest BCUT2D eigenvalue weighted by Gasteiger charge is -1.90. The van der Waals surface area contributed by atoms with E-state index in [-0.39, 0.29) is 11.8 Å². The van der Waals surface area contributed by atoms with Crippen molar-refractivity contribution in [2.45, 2.75) is 47.5 Å². The highest BCUT2D eigenvalue weighted by Crippen LogP contribution is 1.84. The Morgan fingerprint density at radius 2 is 1.69 bits per heavy atom. The molecule has 82 valence electrons. The number of carbonyl (C=O) groups is 1. The Bertz CT molecular complexity index is 90.9. The van der Waals surface area contributed by atoms with Crippen LogP contribution in [-0.2, 0) is 4.79 Å². The molecule has 13 heavy (non-hydrogen) atoms. The number of aliphatic hydroxyl groups is 1. The fraction of sp³-hybridized carbons (Fsp3) is 0.900. The molecule has 0 bridgehead atoms. The number of carbonyl (C=O) groups excluding carboxylic acids is 1. The highest BCUT2D eigenvalue weighted by atomic mass is 16.2. The van der Waals surface area contributed by atoms with Crippen LogP contribution in [0.4, 0.5) is 0 Å². The molecule has 0 heterocycles. The first-order chi connectivity index (χ1) is 6.06. The second-order valence-electron chi connectivity index (χ2n) is 2.63. The number of amides is 1. The third kappa shape index (κ3) is 34.5. The van der Waals surface area contributed by atoms with Gasteiger partial charge in [0.25, 0.3) is 0 Å². The number of rotatable bonds is 3. The van der Waals surface area contributed by atoms with Crippen LogP contribution in [0.3, 0.4) is 0 Å². The van der Waals surface area contributed by atoms with Crippen LogP contribution in [-0.4, -0.2) is 17.6 Å². The van der Waals surface area contributed by atoms with E-state index < -0.39 is 0 Å². The van der Waals surface area contributed by atoms with Crippen molar-refractivity contribution in [3.63, 3.8) is 0 Å². The molecule has 0 aromatic carbocycles. The monoisotopic (exact) mass is 191 g/mol. The van der Waals surface area contributed by atoms with Gasteiger partial charge in [-0.1, -0.05) is 41.0 Å². The lowest BCUT2D eigenvalue weighted by molar-refractivity contribution is -0.120. The van der Waals surface area contributed by atoms with Crippen molar-refractivity contribution in [2.24, 2.45) is 11.7 Å². The maximum Gasteiger partial charge on any atom is 0.219 e. The van der Waals surface area contributed by atoms with Gasteiger partial charge in [0.2, 0.25) is 5.91 Å². The molecule has 0 aliphatic rings.